The number of hydrogen-bond donors (Lipinski definition) is 1. The van der Waals surface area contributed by atoms with Crippen LogP contribution in [-0.4, -0.2) is 11.0 Å². The molecule has 1 aliphatic carbocycles. The minimum absolute atomic E-state index is 0.706. The van der Waals surface area contributed by atoms with E-state index in [1.165, 1.54) is 46.4 Å². The van der Waals surface area contributed by atoms with Crippen LogP contribution in [0.3, 0.4) is 0 Å². The maximum atomic E-state index is 4.15. The molecule has 90 valence electrons. The average molecular weight is 264 g/mol. The van der Waals surface area contributed by atoms with E-state index in [0.717, 1.165) is 0 Å². The number of thiophene rings is 1. The van der Waals surface area contributed by atoms with Crippen LogP contribution in [0.1, 0.15) is 32.1 Å². The topological polar surface area (TPSA) is 24.9 Å². The summed E-state index contributed by atoms with van der Waals surface area (Å²) in [5.74, 6) is 0. The summed E-state index contributed by atoms with van der Waals surface area (Å²) in [7, 11) is 0. The summed E-state index contributed by atoms with van der Waals surface area (Å²) in [4.78, 5) is 4.15. The Hall–Kier alpha value is -0.580. The van der Waals surface area contributed by atoms with E-state index in [1.807, 2.05) is 23.7 Å². The van der Waals surface area contributed by atoms with E-state index in [4.69, 9.17) is 0 Å². The van der Waals surface area contributed by atoms with E-state index in [1.54, 1.807) is 11.9 Å². The zero-order valence-corrected chi connectivity index (χ0v) is 11.3. The van der Waals surface area contributed by atoms with Gasteiger partial charge < -0.3 is 0 Å². The molecular formula is C13H16N2S2. The Kier molecular flexibility index (Phi) is 3.64. The van der Waals surface area contributed by atoms with Gasteiger partial charge in [-0.25, -0.2) is 0 Å². The molecule has 0 saturated heterocycles. The monoisotopic (exact) mass is 264 g/mol. The van der Waals surface area contributed by atoms with Gasteiger partial charge in [-0.2, -0.15) is 0 Å². The molecule has 1 saturated carbocycles. The SMILES string of the molecule is c1cc2sc(SNC3CCCCC3)cc2cn1. The van der Waals surface area contributed by atoms with E-state index in [0.29, 0.717) is 6.04 Å². The van der Waals surface area contributed by atoms with Gasteiger partial charge in [-0.05, 0) is 36.9 Å². The van der Waals surface area contributed by atoms with E-state index < -0.39 is 0 Å². The third-order valence-electron chi connectivity index (χ3n) is 3.23. The highest BCUT2D eigenvalue weighted by Gasteiger charge is 2.13. The van der Waals surface area contributed by atoms with Crippen LogP contribution >= 0.6 is 23.3 Å². The van der Waals surface area contributed by atoms with Crippen molar-refractivity contribution in [2.24, 2.45) is 0 Å². The second-order valence-corrected chi connectivity index (χ2v) is 6.76. The van der Waals surface area contributed by atoms with Gasteiger partial charge in [0.2, 0.25) is 0 Å². The number of nitrogens with zero attached hydrogens (tertiary/aromatic N) is 1. The van der Waals surface area contributed by atoms with Crippen LogP contribution in [0.15, 0.2) is 28.7 Å². The molecule has 0 atom stereocenters. The number of aromatic nitrogens is 1. The fraction of sp³-hybridized carbons (Fsp3) is 0.462. The Bertz CT molecular complexity index is 456. The molecule has 0 unspecified atom stereocenters. The van der Waals surface area contributed by atoms with Gasteiger partial charge in [0.05, 0.1) is 4.21 Å². The first-order valence-electron chi connectivity index (χ1n) is 6.18. The first-order valence-corrected chi connectivity index (χ1v) is 7.81. The molecule has 2 aromatic rings. The van der Waals surface area contributed by atoms with Gasteiger partial charge in [0, 0.05) is 28.5 Å². The van der Waals surface area contributed by atoms with E-state index in [-0.39, 0.29) is 0 Å². The van der Waals surface area contributed by atoms with Crippen LogP contribution in [-0.2, 0) is 0 Å². The lowest BCUT2D eigenvalue weighted by molar-refractivity contribution is 0.423. The second-order valence-electron chi connectivity index (χ2n) is 4.53. The van der Waals surface area contributed by atoms with Crippen LogP contribution in [0.5, 0.6) is 0 Å². The summed E-state index contributed by atoms with van der Waals surface area (Å²) in [5.41, 5.74) is 0. The number of pyridine rings is 1. The summed E-state index contributed by atoms with van der Waals surface area (Å²) < 4.78 is 6.28. The van der Waals surface area contributed by atoms with Crippen molar-refractivity contribution >= 4 is 33.4 Å². The van der Waals surface area contributed by atoms with Gasteiger partial charge in [-0.1, -0.05) is 19.3 Å². The van der Waals surface area contributed by atoms with Gasteiger partial charge in [0.1, 0.15) is 0 Å². The molecule has 4 heteroatoms. The number of rotatable bonds is 3. The molecule has 3 rings (SSSR count). The van der Waals surface area contributed by atoms with Crippen molar-refractivity contribution < 1.29 is 0 Å². The van der Waals surface area contributed by atoms with Crippen LogP contribution in [0, 0.1) is 0 Å². The molecule has 17 heavy (non-hydrogen) atoms. The van der Waals surface area contributed by atoms with Gasteiger partial charge in [0.15, 0.2) is 0 Å². The Labute approximate surface area is 110 Å². The summed E-state index contributed by atoms with van der Waals surface area (Å²) in [6.45, 7) is 0. The average Bonchev–Trinajstić information content (AvgIpc) is 2.80. The van der Waals surface area contributed by atoms with Crippen molar-refractivity contribution in [1.82, 2.24) is 9.71 Å². The summed E-state index contributed by atoms with van der Waals surface area (Å²) >= 11 is 3.64. The fourth-order valence-corrected chi connectivity index (χ4v) is 4.32. The number of nitrogens with one attached hydrogen (secondary N) is 1. The second kappa shape index (κ2) is 5.38. The normalized spacial score (nSPS) is 17.6. The van der Waals surface area contributed by atoms with E-state index in [9.17, 15) is 0 Å². The lowest BCUT2D eigenvalue weighted by atomic mass is 9.96. The molecule has 0 radical (unpaired) electrons. The van der Waals surface area contributed by atoms with Crippen molar-refractivity contribution in [3.05, 3.63) is 24.5 Å². The molecule has 0 amide bonds. The van der Waals surface area contributed by atoms with Crippen LogP contribution in [0.2, 0.25) is 0 Å². The van der Waals surface area contributed by atoms with Crippen LogP contribution in [0.4, 0.5) is 0 Å². The zero-order valence-electron chi connectivity index (χ0n) is 9.69. The van der Waals surface area contributed by atoms with Crippen molar-refractivity contribution in [1.29, 1.82) is 0 Å². The molecule has 0 spiro atoms. The highest BCUT2D eigenvalue weighted by atomic mass is 32.2. The van der Waals surface area contributed by atoms with Gasteiger partial charge in [-0.15, -0.1) is 11.3 Å². The largest absolute Gasteiger partial charge is 0.264 e. The van der Waals surface area contributed by atoms with Crippen molar-refractivity contribution in [3.63, 3.8) is 0 Å². The summed E-state index contributed by atoms with van der Waals surface area (Å²) in [5, 5.41) is 1.26. The fourth-order valence-electron chi connectivity index (χ4n) is 2.27. The zero-order chi connectivity index (χ0) is 11.5. The maximum Gasteiger partial charge on any atom is 0.0764 e. The Morgan fingerprint density at radius 1 is 1.29 bits per heavy atom. The van der Waals surface area contributed by atoms with Gasteiger partial charge in [0.25, 0.3) is 0 Å². The first-order chi connectivity index (χ1) is 8.42. The van der Waals surface area contributed by atoms with Crippen molar-refractivity contribution in [2.45, 2.75) is 42.4 Å². The Balaban J connectivity index is 1.64. The first kappa shape index (κ1) is 11.5. The molecule has 1 N–H and O–H groups in total. The molecule has 2 nitrogen and oxygen atoms in total. The van der Waals surface area contributed by atoms with Crippen molar-refractivity contribution in [2.75, 3.05) is 0 Å². The highest BCUT2D eigenvalue weighted by molar-refractivity contribution is 7.99. The minimum atomic E-state index is 0.706. The lowest BCUT2D eigenvalue weighted by Crippen LogP contribution is -2.25. The third kappa shape index (κ3) is 2.81. The molecule has 0 bridgehead atoms. The molecule has 0 aliphatic heterocycles. The van der Waals surface area contributed by atoms with Gasteiger partial charge >= 0.3 is 0 Å². The number of fused-ring (bicyclic) bond motifs is 1. The molecular weight excluding hydrogens is 248 g/mol. The number of hydrogen-bond acceptors (Lipinski definition) is 4. The maximum absolute atomic E-state index is 4.15. The van der Waals surface area contributed by atoms with E-state index >= 15 is 0 Å². The Morgan fingerprint density at radius 2 is 2.18 bits per heavy atom. The Morgan fingerprint density at radius 3 is 3.00 bits per heavy atom. The third-order valence-corrected chi connectivity index (χ3v) is 5.41. The smallest absolute Gasteiger partial charge is 0.0764 e. The predicted octanol–water partition coefficient (Wildman–Crippen LogP) is 4.23. The molecule has 2 heterocycles. The van der Waals surface area contributed by atoms with Crippen molar-refractivity contribution in [3.8, 4) is 0 Å². The quantitative estimate of drug-likeness (QED) is 0.840. The summed E-state index contributed by atoms with van der Waals surface area (Å²) in [6.07, 6.45) is 10.7. The molecule has 1 aliphatic rings. The predicted molar refractivity (Wildman–Crippen MR) is 75.5 cm³/mol. The summed E-state index contributed by atoms with van der Waals surface area (Å²) in [6, 6.07) is 5.02. The van der Waals surface area contributed by atoms with E-state index in [2.05, 4.69) is 21.8 Å². The minimum Gasteiger partial charge on any atom is -0.264 e. The standard InChI is InChI=1S/C13H16N2S2/c1-2-4-11(5-3-1)15-17-13-8-10-9-14-7-6-12(10)16-13/h6-9,11,15H,1-5H2. The van der Waals surface area contributed by atoms with Crippen LogP contribution in [0.25, 0.3) is 10.1 Å². The highest BCUT2D eigenvalue weighted by Crippen LogP contribution is 2.32. The molecule has 0 aromatic carbocycles. The molecule has 2 aromatic heterocycles. The van der Waals surface area contributed by atoms with Crippen LogP contribution < -0.4 is 4.72 Å². The lowest BCUT2D eigenvalue weighted by Gasteiger charge is -2.21. The molecule has 1 fully saturated rings. The van der Waals surface area contributed by atoms with Gasteiger partial charge in [-0.3, -0.25) is 9.71 Å².